The summed E-state index contributed by atoms with van der Waals surface area (Å²) in [6.07, 6.45) is 1.61. The number of nitrogens with two attached hydrogens (primary N) is 1. The van der Waals surface area contributed by atoms with Crippen LogP contribution in [0, 0.1) is 5.41 Å². The molecule has 4 nitrogen and oxygen atoms in total. The van der Waals surface area contributed by atoms with Gasteiger partial charge in [-0.2, -0.15) is 0 Å². The van der Waals surface area contributed by atoms with E-state index in [-0.39, 0.29) is 5.84 Å². The minimum Gasteiger partial charge on any atom is -0.402 e. The Kier molecular flexibility index (Phi) is 5.03. The molecule has 0 atom stereocenters. The summed E-state index contributed by atoms with van der Waals surface area (Å²) in [6.45, 7) is 2.53. The molecule has 0 aromatic heterocycles. The summed E-state index contributed by atoms with van der Waals surface area (Å²) in [5, 5.41) is 8.68. The van der Waals surface area contributed by atoms with E-state index in [1.807, 2.05) is 6.92 Å². The average molecular weight is 174 g/mol. The van der Waals surface area contributed by atoms with Crippen LogP contribution in [-0.2, 0) is 0 Å². The number of hydrogen-bond donors (Lipinski definition) is 3. The zero-order valence-corrected chi connectivity index (χ0v) is 7.39. The Labute approximate surface area is 71.7 Å². The van der Waals surface area contributed by atoms with Crippen molar-refractivity contribution in [2.75, 3.05) is 13.6 Å². The van der Waals surface area contributed by atoms with E-state index in [0.29, 0.717) is 6.54 Å². The third kappa shape index (κ3) is 2.87. The van der Waals surface area contributed by atoms with Crippen molar-refractivity contribution in [3.63, 3.8) is 0 Å². The molecule has 0 saturated carbocycles. The minimum atomic E-state index is -0.724. The fourth-order valence-corrected chi connectivity index (χ4v) is 0.767. The standard InChI is InChI=1S/C7H15FN4/c1-3-4-12(11-2)7(10)6(8)5-9/h5,10-11H,3-4,9H2,1-2H3. The van der Waals surface area contributed by atoms with Gasteiger partial charge in [0.25, 0.3) is 0 Å². The number of amidine groups is 1. The Hall–Kier alpha value is -1.10. The molecule has 0 aliphatic carbocycles. The van der Waals surface area contributed by atoms with Gasteiger partial charge in [0.2, 0.25) is 0 Å². The van der Waals surface area contributed by atoms with Gasteiger partial charge in [0, 0.05) is 19.8 Å². The van der Waals surface area contributed by atoms with Crippen LogP contribution >= 0.6 is 0 Å². The smallest absolute Gasteiger partial charge is 0.181 e. The summed E-state index contributed by atoms with van der Waals surface area (Å²) in [4.78, 5) is 0. The predicted molar refractivity (Wildman–Crippen MR) is 47.2 cm³/mol. The number of nitrogens with zero attached hydrogens (tertiary/aromatic N) is 1. The third-order valence-electron chi connectivity index (χ3n) is 1.36. The molecule has 70 valence electrons. The second-order valence-corrected chi connectivity index (χ2v) is 2.24. The summed E-state index contributed by atoms with van der Waals surface area (Å²) in [5.74, 6) is -0.959. The van der Waals surface area contributed by atoms with E-state index >= 15 is 0 Å². The molecule has 0 bridgehead atoms. The zero-order chi connectivity index (χ0) is 9.56. The van der Waals surface area contributed by atoms with Crippen molar-refractivity contribution < 1.29 is 4.39 Å². The Morgan fingerprint density at radius 2 is 2.33 bits per heavy atom. The fourth-order valence-electron chi connectivity index (χ4n) is 0.767. The number of halogens is 1. The lowest BCUT2D eigenvalue weighted by Crippen LogP contribution is -2.41. The molecular weight excluding hydrogens is 159 g/mol. The van der Waals surface area contributed by atoms with E-state index in [9.17, 15) is 4.39 Å². The van der Waals surface area contributed by atoms with Gasteiger partial charge in [-0.25, -0.2) is 9.82 Å². The van der Waals surface area contributed by atoms with Crippen molar-refractivity contribution in [2.24, 2.45) is 5.73 Å². The third-order valence-corrected chi connectivity index (χ3v) is 1.36. The van der Waals surface area contributed by atoms with Crippen LogP contribution in [0.4, 0.5) is 4.39 Å². The van der Waals surface area contributed by atoms with Crippen molar-refractivity contribution in [2.45, 2.75) is 13.3 Å². The first-order valence-corrected chi connectivity index (χ1v) is 3.78. The number of rotatable bonds is 4. The molecule has 0 spiro atoms. The summed E-state index contributed by atoms with van der Waals surface area (Å²) >= 11 is 0. The molecule has 0 heterocycles. The highest BCUT2D eigenvalue weighted by Crippen LogP contribution is 2.00. The van der Waals surface area contributed by atoms with E-state index in [2.05, 4.69) is 5.43 Å². The Bertz CT molecular complexity index is 178. The zero-order valence-electron chi connectivity index (χ0n) is 7.39. The molecule has 0 saturated heterocycles. The van der Waals surface area contributed by atoms with Gasteiger partial charge >= 0.3 is 0 Å². The van der Waals surface area contributed by atoms with Crippen LogP contribution in [0.3, 0.4) is 0 Å². The van der Waals surface area contributed by atoms with Gasteiger partial charge in [0.05, 0.1) is 0 Å². The largest absolute Gasteiger partial charge is 0.402 e. The molecule has 0 unspecified atom stereocenters. The van der Waals surface area contributed by atoms with Crippen molar-refractivity contribution >= 4 is 5.84 Å². The second kappa shape index (κ2) is 5.54. The van der Waals surface area contributed by atoms with Gasteiger partial charge in [-0.15, -0.1) is 0 Å². The van der Waals surface area contributed by atoms with E-state index in [4.69, 9.17) is 11.1 Å². The number of nitrogens with one attached hydrogen (secondary N) is 2. The predicted octanol–water partition coefficient (Wildman–Crippen LogP) is 0.580. The summed E-state index contributed by atoms with van der Waals surface area (Å²) < 4.78 is 12.7. The van der Waals surface area contributed by atoms with Crippen LogP contribution in [-0.4, -0.2) is 24.4 Å². The van der Waals surface area contributed by atoms with E-state index in [1.165, 1.54) is 5.01 Å². The molecular formula is C7H15FN4. The van der Waals surface area contributed by atoms with Crippen LogP contribution < -0.4 is 11.2 Å². The number of hydrazine groups is 1. The molecule has 0 aromatic rings. The Balaban J connectivity index is 4.21. The van der Waals surface area contributed by atoms with E-state index in [1.54, 1.807) is 7.05 Å². The highest BCUT2D eigenvalue weighted by molar-refractivity contribution is 5.93. The SMILES string of the molecule is CCCN(NC)C(=N)C(F)=CN. The first kappa shape index (κ1) is 10.9. The van der Waals surface area contributed by atoms with Crippen LogP contribution in [0.5, 0.6) is 0 Å². The topological polar surface area (TPSA) is 65.1 Å². The molecule has 5 heteroatoms. The van der Waals surface area contributed by atoms with Crippen molar-refractivity contribution in [3.05, 3.63) is 12.0 Å². The highest BCUT2D eigenvalue weighted by atomic mass is 19.1. The maximum Gasteiger partial charge on any atom is 0.181 e. The fraction of sp³-hybridized carbons (Fsp3) is 0.571. The van der Waals surface area contributed by atoms with Gasteiger partial charge in [0.1, 0.15) is 0 Å². The van der Waals surface area contributed by atoms with Crippen LogP contribution in [0.15, 0.2) is 12.0 Å². The first-order chi connectivity index (χ1) is 5.67. The average Bonchev–Trinajstić information content (AvgIpc) is 2.11. The lowest BCUT2D eigenvalue weighted by Gasteiger charge is -2.21. The van der Waals surface area contributed by atoms with Crippen LogP contribution in [0.25, 0.3) is 0 Å². The molecule has 0 amide bonds. The second-order valence-electron chi connectivity index (χ2n) is 2.24. The molecule has 0 rings (SSSR count). The number of hydrogen-bond acceptors (Lipinski definition) is 3. The normalized spacial score (nSPS) is 11.4. The van der Waals surface area contributed by atoms with Crippen molar-refractivity contribution in [3.8, 4) is 0 Å². The minimum absolute atomic E-state index is 0.234. The van der Waals surface area contributed by atoms with Crippen molar-refractivity contribution in [1.82, 2.24) is 10.4 Å². The molecule has 0 aliphatic rings. The molecule has 0 fully saturated rings. The van der Waals surface area contributed by atoms with Gasteiger partial charge in [-0.05, 0) is 6.42 Å². The van der Waals surface area contributed by atoms with Crippen LogP contribution in [0.1, 0.15) is 13.3 Å². The van der Waals surface area contributed by atoms with Gasteiger partial charge in [0.15, 0.2) is 11.7 Å². The molecule has 12 heavy (non-hydrogen) atoms. The first-order valence-electron chi connectivity index (χ1n) is 3.78. The lowest BCUT2D eigenvalue weighted by atomic mass is 10.4. The monoisotopic (exact) mass is 174 g/mol. The van der Waals surface area contributed by atoms with Crippen molar-refractivity contribution in [1.29, 1.82) is 5.41 Å². The Morgan fingerprint density at radius 3 is 2.67 bits per heavy atom. The highest BCUT2D eigenvalue weighted by Gasteiger charge is 2.10. The van der Waals surface area contributed by atoms with Gasteiger partial charge < -0.3 is 5.73 Å². The maximum atomic E-state index is 12.7. The van der Waals surface area contributed by atoms with Gasteiger partial charge in [-0.1, -0.05) is 6.92 Å². The van der Waals surface area contributed by atoms with Gasteiger partial charge in [-0.3, -0.25) is 10.4 Å². The molecule has 0 aromatic carbocycles. The van der Waals surface area contributed by atoms with E-state index < -0.39 is 5.83 Å². The van der Waals surface area contributed by atoms with E-state index in [0.717, 1.165) is 12.6 Å². The summed E-state index contributed by atoms with van der Waals surface area (Å²) in [7, 11) is 1.63. The lowest BCUT2D eigenvalue weighted by molar-refractivity contribution is 0.330. The quantitative estimate of drug-likeness (QED) is 0.332. The summed E-state index contributed by atoms with van der Waals surface area (Å²) in [5.41, 5.74) is 7.62. The molecule has 4 N–H and O–H groups in total. The Morgan fingerprint density at radius 1 is 1.75 bits per heavy atom. The van der Waals surface area contributed by atoms with Crippen LogP contribution in [0.2, 0.25) is 0 Å². The maximum absolute atomic E-state index is 12.7. The molecule has 0 radical (unpaired) electrons. The summed E-state index contributed by atoms with van der Waals surface area (Å²) in [6, 6.07) is 0. The molecule has 0 aliphatic heterocycles.